The summed E-state index contributed by atoms with van der Waals surface area (Å²) in [5.74, 6) is 0. The molecule has 15 heavy (non-hydrogen) atoms. The molecule has 2 rings (SSSR count). The van der Waals surface area contributed by atoms with Crippen LogP contribution in [0.25, 0.3) is 0 Å². The first-order chi connectivity index (χ1) is 6.88. The van der Waals surface area contributed by atoms with Crippen LogP contribution in [0.3, 0.4) is 0 Å². The highest BCUT2D eigenvalue weighted by atomic mass is 35.5. The van der Waals surface area contributed by atoms with Crippen LogP contribution in [0, 0.1) is 0 Å². The normalized spacial score (nSPS) is 19.0. The maximum Gasteiger partial charge on any atom is 0.0459 e. The number of benzene rings is 1. The molecule has 1 aromatic rings. The van der Waals surface area contributed by atoms with Crippen LogP contribution < -0.4 is 5.73 Å². The lowest BCUT2D eigenvalue weighted by molar-refractivity contribution is 0.391. The molecule has 0 unspecified atom stereocenters. The van der Waals surface area contributed by atoms with Crippen molar-refractivity contribution in [1.82, 2.24) is 0 Å². The van der Waals surface area contributed by atoms with E-state index in [-0.39, 0.29) is 11.0 Å². The third-order valence-electron chi connectivity index (χ3n) is 3.62. The van der Waals surface area contributed by atoms with E-state index in [1.807, 2.05) is 18.2 Å². The third-order valence-corrected chi connectivity index (χ3v) is 4.25. The summed E-state index contributed by atoms with van der Waals surface area (Å²) >= 11 is 12.4. The van der Waals surface area contributed by atoms with Crippen molar-refractivity contribution in [3.05, 3.63) is 33.8 Å². The lowest BCUT2D eigenvalue weighted by atomic mass is 9.76. The van der Waals surface area contributed by atoms with E-state index < -0.39 is 0 Å². The summed E-state index contributed by atoms with van der Waals surface area (Å²) in [4.78, 5) is 0. The van der Waals surface area contributed by atoms with Crippen LogP contribution in [0.15, 0.2) is 18.2 Å². The fourth-order valence-electron chi connectivity index (χ4n) is 2.10. The average Bonchev–Trinajstić information content (AvgIpc) is 2.84. The predicted octanol–water partition coefficient (Wildman–Crippen LogP) is 3.76. The van der Waals surface area contributed by atoms with Gasteiger partial charge in [0.1, 0.15) is 0 Å². The monoisotopic (exact) mass is 243 g/mol. The zero-order valence-corrected chi connectivity index (χ0v) is 10.5. The zero-order valence-electron chi connectivity index (χ0n) is 8.98. The van der Waals surface area contributed by atoms with Crippen molar-refractivity contribution in [2.75, 3.05) is 0 Å². The topological polar surface area (TPSA) is 26.0 Å². The lowest BCUT2D eigenvalue weighted by Crippen LogP contribution is -2.43. The van der Waals surface area contributed by atoms with Gasteiger partial charge >= 0.3 is 0 Å². The Morgan fingerprint density at radius 2 is 1.67 bits per heavy atom. The molecule has 1 saturated carbocycles. The Morgan fingerprint density at radius 1 is 1.20 bits per heavy atom. The van der Waals surface area contributed by atoms with Crippen molar-refractivity contribution in [2.24, 2.45) is 5.73 Å². The standard InChI is InChI=1S/C12H15Cl2N/c1-11(2,12(15)6-7-12)10-8(13)4-3-5-9(10)14/h3-5H,6-7,15H2,1-2H3. The summed E-state index contributed by atoms with van der Waals surface area (Å²) in [5.41, 5.74) is 6.96. The van der Waals surface area contributed by atoms with E-state index in [9.17, 15) is 0 Å². The van der Waals surface area contributed by atoms with Crippen LogP contribution in [0.1, 0.15) is 32.3 Å². The van der Waals surface area contributed by atoms with Crippen molar-refractivity contribution in [2.45, 2.75) is 37.6 Å². The SMILES string of the molecule is CC(C)(c1c(Cl)cccc1Cl)C1(N)CC1. The second kappa shape index (κ2) is 3.38. The van der Waals surface area contributed by atoms with Crippen molar-refractivity contribution < 1.29 is 0 Å². The first-order valence-corrected chi connectivity index (χ1v) is 5.87. The summed E-state index contributed by atoms with van der Waals surface area (Å²) in [7, 11) is 0. The minimum atomic E-state index is -0.164. The Bertz CT molecular complexity index is 374. The molecule has 1 nitrogen and oxygen atoms in total. The summed E-state index contributed by atoms with van der Waals surface area (Å²) in [5, 5.41) is 1.42. The van der Waals surface area contributed by atoms with E-state index in [4.69, 9.17) is 28.9 Å². The highest BCUT2D eigenvalue weighted by Gasteiger charge is 2.53. The van der Waals surface area contributed by atoms with Gasteiger partial charge in [-0.1, -0.05) is 43.1 Å². The summed E-state index contributed by atoms with van der Waals surface area (Å²) < 4.78 is 0. The van der Waals surface area contributed by atoms with Crippen LogP contribution >= 0.6 is 23.2 Å². The summed E-state index contributed by atoms with van der Waals surface area (Å²) in [6.07, 6.45) is 2.09. The third kappa shape index (κ3) is 1.67. The molecule has 1 aliphatic rings. The van der Waals surface area contributed by atoms with Crippen molar-refractivity contribution in [1.29, 1.82) is 0 Å². The Balaban J connectivity index is 2.53. The second-order valence-corrected chi connectivity index (χ2v) is 5.69. The van der Waals surface area contributed by atoms with Gasteiger partial charge in [0.15, 0.2) is 0 Å². The smallest absolute Gasteiger partial charge is 0.0459 e. The molecule has 2 N–H and O–H groups in total. The molecule has 0 bridgehead atoms. The van der Waals surface area contributed by atoms with Crippen LogP contribution in [0.2, 0.25) is 10.0 Å². The zero-order chi connectivity index (χ0) is 11.3. The molecule has 3 heteroatoms. The van der Waals surface area contributed by atoms with E-state index in [0.29, 0.717) is 10.0 Å². The molecule has 0 amide bonds. The van der Waals surface area contributed by atoms with Crippen LogP contribution in [-0.4, -0.2) is 5.54 Å². The highest BCUT2D eigenvalue weighted by molar-refractivity contribution is 6.36. The number of hydrogen-bond donors (Lipinski definition) is 1. The van der Waals surface area contributed by atoms with E-state index in [0.717, 1.165) is 18.4 Å². The van der Waals surface area contributed by atoms with Crippen LogP contribution in [-0.2, 0) is 5.41 Å². The molecule has 0 aliphatic heterocycles. The molecule has 1 aliphatic carbocycles. The van der Waals surface area contributed by atoms with Crippen LogP contribution in [0.5, 0.6) is 0 Å². The van der Waals surface area contributed by atoms with Gasteiger partial charge in [-0.05, 0) is 30.5 Å². The Labute approximate surface area is 101 Å². The van der Waals surface area contributed by atoms with Gasteiger partial charge in [0.25, 0.3) is 0 Å². The largest absolute Gasteiger partial charge is 0.324 e. The number of halogens is 2. The van der Waals surface area contributed by atoms with Gasteiger partial charge in [0, 0.05) is 21.0 Å². The van der Waals surface area contributed by atoms with Gasteiger partial charge in [-0.3, -0.25) is 0 Å². The first kappa shape index (κ1) is 11.3. The Kier molecular flexibility index (Phi) is 2.53. The molecule has 0 spiro atoms. The molecule has 0 atom stereocenters. The van der Waals surface area contributed by atoms with E-state index in [1.165, 1.54) is 0 Å². The van der Waals surface area contributed by atoms with Gasteiger partial charge in [0.2, 0.25) is 0 Å². The van der Waals surface area contributed by atoms with E-state index >= 15 is 0 Å². The molecule has 0 saturated heterocycles. The fourth-order valence-corrected chi connectivity index (χ4v) is 2.97. The molecule has 0 radical (unpaired) electrons. The molecule has 0 aromatic heterocycles. The first-order valence-electron chi connectivity index (χ1n) is 5.12. The maximum absolute atomic E-state index is 6.28. The second-order valence-electron chi connectivity index (χ2n) is 4.88. The van der Waals surface area contributed by atoms with Gasteiger partial charge in [-0.25, -0.2) is 0 Å². The van der Waals surface area contributed by atoms with Gasteiger partial charge in [-0.15, -0.1) is 0 Å². The number of hydrogen-bond acceptors (Lipinski definition) is 1. The van der Waals surface area contributed by atoms with E-state index in [2.05, 4.69) is 13.8 Å². The van der Waals surface area contributed by atoms with Gasteiger partial charge in [0.05, 0.1) is 0 Å². The lowest BCUT2D eigenvalue weighted by Gasteiger charge is -2.34. The van der Waals surface area contributed by atoms with Crippen LogP contribution in [0.4, 0.5) is 0 Å². The Hall–Kier alpha value is -0.240. The van der Waals surface area contributed by atoms with Gasteiger partial charge in [-0.2, -0.15) is 0 Å². The summed E-state index contributed by atoms with van der Waals surface area (Å²) in [6.45, 7) is 4.24. The minimum absolute atomic E-state index is 0.137. The molecular formula is C12H15Cl2N. The van der Waals surface area contributed by atoms with Gasteiger partial charge < -0.3 is 5.73 Å². The average molecular weight is 244 g/mol. The number of rotatable bonds is 2. The molecule has 1 fully saturated rings. The molecule has 82 valence electrons. The summed E-state index contributed by atoms with van der Waals surface area (Å²) in [6, 6.07) is 5.60. The fraction of sp³-hybridized carbons (Fsp3) is 0.500. The Morgan fingerprint density at radius 3 is 2.07 bits per heavy atom. The van der Waals surface area contributed by atoms with Crippen molar-refractivity contribution in [3.63, 3.8) is 0 Å². The predicted molar refractivity (Wildman–Crippen MR) is 65.6 cm³/mol. The van der Waals surface area contributed by atoms with Crippen molar-refractivity contribution >= 4 is 23.2 Å². The van der Waals surface area contributed by atoms with Crippen molar-refractivity contribution in [3.8, 4) is 0 Å². The minimum Gasteiger partial charge on any atom is -0.324 e. The quantitative estimate of drug-likeness (QED) is 0.842. The highest BCUT2D eigenvalue weighted by Crippen LogP contribution is 2.52. The molecule has 1 aromatic carbocycles. The van der Waals surface area contributed by atoms with E-state index in [1.54, 1.807) is 0 Å². The number of nitrogens with two attached hydrogens (primary N) is 1. The molecule has 0 heterocycles. The molecular weight excluding hydrogens is 229 g/mol. The maximum atomic E-state index is 6.28.